The van der Waals surface area contributed by atoms with Gasteiger partial charge in [-0.2, -0.15) is 11.8 Å². The van der Waals surface area contributed by atoms with Crippen LogP contribution >= 0.6 is 23.4 Å². The average molecular weight is 274 g/mol. The van der Waals surface area contributed by atoms with Gasteiger partial charge in [0, 0.05) is 11.3 Å². The van der Waals surface area contributed by atoms with Gasteiger partial charge >= 0.3 is 0 Å². The molecule has 1 N–H and O–H groups in total. The SMILES string of the molecule is CSC1(CNCc2ccc(Cl)o2)CCCCC1. The number of hydrogen-bond donors (Lipinski definition) is 1. The first kappa shape index (κ1) is 13.3. The Morgan fingerprint density at radius 1 is 1.35 bits per heavy atom. The predicted octanol–water partition coefficient (Wildman–Crippen LogP) is 4.09. The van der Waals surface area contributed by atoms with Crippen molar-refractivity contribution in [1.82, 2.24) is 5.32 Å². The molecule has 0 saturated heterocycles. The number of thioether (sulfide) groups is 1. The molecule has 1 aromatic rings. The van der Waals surface area contributed by atoms with E-state index in [0.29, 0.717) is 9.97 Å². The van der Waals surface area contributed by atoms with Crippen LogP contribution in [0.2, 0.25) is 5.22 Å². The molecule has 2 nitrogen and oxygen atoms in total. The average Bonchev–Trinajstić information content (AvgIpc) is 2.76. The van der Waals surface area contributed by atoms with Gasteiger partial charge in [0.05, 0.1) is 6.54 Å². The standard InChI is InChI=1S/C13H20ClNOS/c1-17-13(7-3-2-4-8-13)10-15-9-11-5-6-12(14)16-11/h5-6,15H,2-4,7-10H2,1H3. The first-order chi connectivity index (χ1) is 8.24. The third-order valence-electron chi connectivity index (χ3n) is 3.57. The summed E-state index contributed by atoms with van der Waals surface area (Å²) in [5, 5.41) is 3.97. The van der Waals surface area contributed by atoms with Gasteiger partial charge in [-0.1, -0.05) is 19.3 Å². The van der Waals surface area contributed by atoms with Crippen molar-refractivity contribution < 1.29 is 4.42 Å². The number of hydrogen-bond acceptors (Lipinski definition) is 3. The highest BCUT2D eigenvalue weighted by Crippen LogP contribution is 2.37. The summed E-state index contributed by atoms with van der Waals surface area (Å²) in [6, 6.07) is 3.73. The van der Waals surface area contributed by atoms with Crippen molar-refractivity contribution in [2.45, 2.75) is 43.4 Å². The Morgan fingerprint density at radius 2 is 2.12 bits per heavy atom. The molecule has 1 saturated carbocycles. The van der Waals surface area contributed by atoms with Crippen molar-refractivity contribution in [2.24, 2.45) is 0 Å². The van der Waals surface area contributed by atoms with Crippen molar-refractivity contribution >= 4 is 23.4 Å². The van der Waals surface area contributed by atoms with Crippen molar-refractivity contribution in [1.29, 1.82) is 0 Å². The molecule has 1 aliphatic rings. The van der Waals surface area contributed by atoms with Crippen molar-refractivity contribution in [3.05, 3.63) is 23.1 Å². The van der Waals surface area contributed by atoms with Crippen LogP contribution in [0.15, 0.2) is 16.5 Å². The van der Waals surface area contributed by atoms with Crippen LogP contribution in [0.25, 0.3) is 0 Å². The van der Waals surface area contributed by atoms with Crippen LogP contribution in [0.1, 0.15) is 37.9 Å². The fraction of sp³-hybridized carbons (Fsp3) is 0.692. The van der Waals surface area contributed by atoms with E-state index in [1.54, 1.807) is 6.07 Å². The third-order valence-corrected chi connectivity index (χ3v) is 5.19. The molecule has 17 heavy (non-hydrogen) atoms. The molecule has 96 valence electrons. The number of rotatable bonds is 5. The molecule has 1 heterocycles. The minimum atomic E-state index is 0.439. The minimum absolute atomic E-state index is 0.439. The lowest BCUT2D eigenvalue weighted by molar-refractivity contribution is 0.371. The van der Waals surface area contributed by atoms with E-state index in [1.807, 2.05) is 17.8 Å². The fourth-order valence-corrected chi connectivity index (χ4v) is 3.61. The molecular weight excluding hydrogens is 254 g/mol. The maximum atomic E-state index is 5.74. The van der Waals surface area contributed by atoms with E-state index in [1.165, 1.54) is 32.1 Å². The van der Waals surface area contributed by atoms with Crippen LogP contribution < -0.4 is 5.32 Å². The monoisotopic (exact) mass is 273 g/mol. The Balaban J connectivity index is 1.79. The Kier molecular flexibility index (Phi) is 4.83. The van der Waals surface area contributed by atoms with Crippen LogP contribution in [0.3, 0.4) is 0 Å². The molecular formula is C13H20ClNOS. The summed E-state index contributed by atoms with van der Waals surface area (Å²) in [5.41, 5.74) is 0. The lowest BCUT2D eigenvalue weighted by atomic mass is 9.88. The van der Waals surface area contributed by atoms with Crippen LogP contribution in [-0.2, 0) is 6.54 Å². The summed E-state index contributed by atoms with van der Waals surface area (Å²) in [6.07, 6.45) is 9.04. The number of furan rings is 1. The normalized spacial score (nSPS) is 19.4. The van der Waals surface area contributed by atoms with Gasteiger partial charge in [0.1, 0.15) is 5.76 Å². The highest BCUT2D eigenvalue weighted by Gasteiger charge is 2.30. The molecule has 0 aromatic carbocycles. The molecule has 2 rings (SSSR count). The van der Waals surface area contributed by atoms with Gasteiger partial charge in [-0.15, -0.1) is 0 Å². The van der Waals surface area contributed by atoms with E-state index in [0.717, 1.165) is 18.8 Å². The van der Waals surface area contributed by atoms with Crippen LogP contribution in [-0.4, -0.2) is 17.5 Å². The Bertz CT molecular complexity index is 347. The molecule has 0 spiro atoms. The topological polar surface area (TPSA) is 25.2 Å². The molecule has 0 atom stereocenters. The van der Waals surface area contributed by atoms with Gasteiger partial charge in [0.2, 0.25) is 0 Å². The fourth-order valence-electron chi connectivity index (χ4n) is 2.51. The summed E-state index contributed by atoms with van der Waals surface area (Å²) in [6.45, 7) is 1.83. The second kappa shape index (κ2) is 6.17. The summed E-state index contributed by atoms with van der Waals surface area (Å²) < 4.78 is 5.77. The summed E-state index contributed by atoms with van der Waals surface area (Å²) in [7, 11) is 0. The van der Waals surface area contributed by atoms with Crippen LogP contribution in [0, 0.1) is 0 Å². The summed E-state index contributed by atoms with van der Waals surface area (Å²) in [5.74, 6) is 0.919. The van der Waals surface area contributed by atoms with Gasteiger partial charge in [0.15, 0.2) is 5.22 Å². The van der Waals surface area contributed by atoms with E-state index in [2.05, 4.69) is 11.6 Å². The van der Waals surface area contributed by atoms with Crippen molar-refractivity contribution in [2.75, 3.05) is 12.8 Å². The lowest BCUT2D eigenvalue weighted by Crippen LogP contribution is -2.39. The van der Waals surface area contributed by atoms with Gasteiger partial charge in [-0.05, 0) is 42.8 Å². The zero-order valence-corrected chi connectivity index (χ0v) is 11.9. The quantitative estimate of drug-likeness (QED) is 0.875. The van der Waals surface area contributed by atoms with Gasteiger partial charge in [-0.25, -0.2) is 0 Å². The van der Waals surface area contributed by atoms with Gasteiger partial charge in [0.25, 0.3) is 0 Å². The Hall–Kier alpha value is -0.120. The highest BCUT2D eigenvalue weighted by atomic mass is 35.5. The Morgan fingerprint density at radius 3 is 2.71 bits per heavy atom. The van der Waals surface area contributed by atoms with E-state index in [-0.39, 0.29) is 0 Å². The molecule has 1 aromatic heterocycles. The van der Waals surface area contributed by atoms with Crippen LogP contribution in [0.5, 0.6) is 0 Å². The number of halogens is 1. The zero-order valence-electron chi connectivity index (χ0n) is 10.3. The smallest absolute Gasteiger partial charge is 0.193 e. The van der Waals surface area contributed by atoms with E-state index >= 15 is 0 Å². The summed E-state index contributed by atoms with van der Waals surface area (Å²) >= 11 is 7.76. The highest BCUT2D eigenvalue weighted by molar-refractivity contribution is 8.00. The molecule has 0 radical (unpaired) electrons. The van der Waals surface area contributed by atoms with E-state index in [9.17, 15) is 0 Å². The van der Waals surface area contributed by atoms with Gasteiger partial charge in [-0.3, -0.25) is 0 Å². The van der Waals surface area contributed by atoms with Crippen LogP contribution in [0.4, 0.5) is 0 Å². The second-order valence-corrected chi connectivity index (χ2v) is 6.40. The first-order valence-corrected chi connectivity index (χ1v) is 7.84. The van der Waals surface area contributed by atoms with E-state index < -0.39 is 0 Å². The largest absolute Gasteiger partial charge is 0.448 e. The minimum Gasteiger partial charge on any atom is -0.448 e. The molecule has 0 aliphatic heterocycles. The maximum Gasteiger partial charge on any atom is 0.193 e. The zero-order chi connectivity index (χ0) is 12.1. The predicted molar refractivity (Wildman–Crippen MR) is 74.8 cm³/mol. The molecule has 0 amide bonds. The maximum absolute atomic E-state index is 5.74. The van der Waals surface area contributed by atoms with E-state index in [4.69, 9.17) is 16.0 Å². The molecule has 1 fully saturated rings. The third kappa shape index (κ3) is 3.67. The van der Waals surface area contributed by atoms with Crippen molar-refractivity contribution in [3.63, 3.8) is 0 Å². The van der Waals surface area contributed by atoms with Crippen molar-refractivity contribution in [3.8, 4) is 0 Å². The first-order valence-electron chi connectivity index (χ1n) is 6.24. The molecule has 1 aliphatic carbocycles. The molecule has 4 heteroatoms. The lowest BCUT2D eigenvalue weighted by Gasteiger charge is -2.35. The second-order valence-electron chi connectivity index (χ2n) is 4.76. The summed E-state index contributed by atoms with van der Waals surface area (Å²) in [4.78, 5) is 0. The number of nitrogens with one attached hydrogen (secondary N) is 1. The molecule has 0 bridgehead atoms. The molecule has 0 unspecified atom stereocenters. The van der Waals surface area contributed by atoms with Gasteiger partial charge < -0.3 is 9.73 Å². The Labute approximate surface area is 112 Å².